The van der Waals surface area contributed by atoms with Gasteiger partial charge in [-0.2, -0.15) is 0 Å². The van der Waals surface area contributed by atoms with Crippen LogP contribution in [-0.2, 0) is 11.2 Å². The standard InChI is InChI=1S/C17H25F2NO/c1-16(2)7-9-17(21-3,10-8-16)14(20)11-12-5-4-6-13(18)15(12)19/h4-6,14H,7-11,20H2,1-3H3. The minimum absolute atomic E-state index is 0.290. The Bertz CT molecular complexity index is 492. The molecule has 1 aromatic rings. The van der Waals surface area contributed by atoms with Crippen molar-refractivity contribution in [3.63, 3.8) is 0 Å². The van der Waals surface area contributed by atoms with E-state index in [4.69, 9.17) is 10.5 Å². The summed E-state index contributed by atoms with van der Waals surface area (Å²) >= 11 is 0. The molecule has 0 spiro atoms. The number of halogens is 2. The largest absolute Gasteiger partial charge is 0.377 e. The number of benzene rings is 1. The van der Waals surface area contributed by atoms with Crippen LogP contribution in [0.15, 0.2) is 18.2 Å². The van der Waals surface area contributed by atoms with E-state index < -0.39 is 17.2 Å². The molecule has 2 N–H and O–H groups in total. The van der Waals surface area contributed by atoms with Crippen molar-refractivity contribution in [2.24, 2.45) is 11.1 Å². The van der Waals surface area contributed by atoms with Crippen molar-refractivity contribution >= 4 is 0 Å². The van der Waals surface area contributed by atoms with E-state index in [1.165, 1.54) is 6.07 Å². The van der Waals surface area contributed by atoms with Gasteiger partial charge >= 0.3 is 0 Å². The molecule has 1 aliphatic rings. The molecule has 0 bridgehead atoms. The van der Waals surface area contributed by atoms with Crippen LogP contribution in [0.25, 0.3) is 0 Å². The molecule has 1 atom stereocenters. The monoisotopic (exact) mass is 297 g/mol. The Kier molecular flexibility index (Phi) is 4.69. The third kappa shape index (κ3) is 3.43. The number of hydrogen-bond acceptors (Lipinski definition) is 2. The summed E-state index contributed by atoms with van der Waals surface area (Å²) in [4.78, 5) is 0. The van der Waals surface area contributed by atoms with Crippen molar-refractivity contribution in [2.45, 2.75) is 57.6 Å². The van der Waals surface area contributed by atoms with Crippen LogP contribution in [0.5, 0.6) is 0 Å². The second-order valence-corrected chi connectivity index (χ2v) is 6.96. The van der Waals surface area contributed by atoms with Crippen molar-refractivity contribution in [1.82, 2.24) is 0 Å². The van der Waals surface area contributed by atoms with Crippen LogP contribution >= 0.6 is 0 Å². The SMILES string of the molecule is COC1(C(N)Cc2cccc(F)c2F)CCC(C)(C)CC1. The Morgan fingerprint density at radius 3 is 2.38 bits per heavy atom. The Balaban J connectivity index is 2.14. The first kappa shape index (κ1) is 16.4. The number of nitrogens with two attached hydrogens (primary N) is 1. The number of rotatable bonds is 4. The van der Waals surface area contributed by atoms with Gasteiger partial charge in [0.05, 0.1) is 5.60 Å². The first-order chi connectivity index (χ1) is 9.80. The molecule has 1 unspecified atom stereocenters. The maximum Gasteiger partial charge on any atom is 0.162 e. The van der Waals surface area contributed by atoms with Gasteiger partial charge in [0, 0.05) is 13.2 Å². The number of methoxy groups -OCH3 is 1. The molecule has 0 amide bonds. The lowest BCUT2D eigenvalue weighted by molar-refractivity contribution is -0.0782. The van der Waals surface area contributed by atoms with Gasteiger partial charge in [-0.3, -0.25) is 0 Å². The molecule has 118 valence electrons. The van der Waals surface area contributed by atoms with Gasteiger partial charge in [-0.1, -0.05) is 26.0 Å². The minimum atomic E-state index is -0.823. The molecular weight excluding hydrogens is 272 g/mol. The lowest BCUT2D eigenvalue weighted by Gasteiger charge is -2.46. The van der Waals surface area contributed by atoms with Gasteiger partial charge in [0.2, 0.25) is 0 Å². The highest BCUT2D eigenvalue weighted by Crippen LogP contribution is 2.43. The van der Waals surface area contributed by atoms with Gasteiger partial charge in [0.15, 0.2) is 11.6 Å². The fourth-order valence-electron chi connectivity index (χ4n) is 3.21. The van der Waals surface area contributed by atoms with Crippen LogP contribution in [0.1, 0.15) is 45.1 Å². The average Bonchev–Trinajstić information content (AvgIpc) is 2.44. The van der Waals surface area contributed by atoms with Crippen molar-refractivity contribution in [3.8, 4) is 0 Å². The molecule has 0 radical (unpaired) electrons. The molecule has 0 aromatic heterocycles. The van der Waals surface area contributed by atoms with Crippen LogP contribution in [0.4, 0.5) is 8.78 Å². The van der Waals surface area contributed by atoms with Crippen LogP contribution < -0.4 is 5.73 Å². The maximum absolute atomic E-state index is 13.8. The summed E-state index contributed by atoms with van der Waals surface area (Å²) < 4.78 is 32.8. The second kappa shape index (κ2) is 6.01. The Morgan fingerprint density at radius 1 is 1.19 bits per heavy atom. The van der Waals surface area contributed by atoms with E-state index in [-0.39, 0.29) is 12.5 Å². The highest BCUT2D eigenvalue weighted by molar-refractivity contribution is 5.21. The maximum atomic E-state index is 13.8. The third-order valence-electron chi connectivity index (χ3n) is 5.00. The lowest BCUT2D eigenvalue weighted by Crippen LogP contribution is -2.53. The fourth-order valence-corrected chi connectivity index (χ4v) is 3.21. The van der Waals surface area contributed by atoms with Gasteiger partial charge in [0.25, 0.3) is 0 Å². The normalized spacial score (nSPS) is 22.0. The Hall–Kier alpha value is -1.00. The smallest absolute Gasteiger partial charge is 0.162 e. The summed E-state index contributed by atoms with van der Waals surface area (Å²) in [6, 6.07) is 3.90. The highest BCUT2D eigenvalue weighted by atomic mass is 19.2. The molecule has 21 heavy (non-hydrogen) atoms. The minimum Gasteiger partial charge on any atom is -0.377 e. The summed E-state index contributed by atoms with van der Waals surface area (Å²) in [6.45, 7) is 4.48. The van der Waals surface area contributed by atoms with E-state index >= 15 is 0 Å². The second-order valence-electron chi connectivity index (χ2n) is 6.96. The molecule has 4 heteroatoms. The average molecular weight is 297 g/mol. The Morgan fingerprint density at radius 2 is 1.81 bits per heavy atom. The van der Waals surface area contributed by atoms with Crippen LogP contribution in [0, 0.1) is 17.0 Å². The van der Waals surface area contributed by atoms with Crippen LogP contribution in [0.2, 0.25) is 0 Å². The van der Waals surface area contributed by atoms with Gasteiger partial charge in [-0.15, -0.1) is 0 Å². The van der Waals surface area contributed by atoms with Crippen molar-refractivity contribution in [1.29, 1.82) is 0 Å². The molecule has 0 saturated heterocycles. The zero-order valence-electron chi connectivity index (χ0n) is 13.1. The van der Waals surface area contributed by atoms with E-state index in [1.807, 2.05) is 0 Å². The van der Waals surface area contributed by atoms with Crippen molar-refractivity contribution in [3.05, 3.63) is 35.4 Å². The summed E-state index contributed by atoms with van der Waals surface area (Å²) in [5.74, 6) is -1.62. The summed E-state index contributed by atoms with van der Waals surface area (Å²) in [7, 11) is 1.67. The molecule has 2 rings (SSSR count). The predicted molar refractivity (Wildman–Crippen MR) is 80.0 cm³/mol. The van der Waals surface area contributed by atoms with Gasteiger partial charge < -0.3 is 10.5 Å². The number of hydrogen-bond donors (Lipinski definition) is 1. The van der Waals surface area contributed by atoms with Crippen LogP contribution in [0.3, 0.4) is 0 Å². The van der Waals surface area contributed by atoms with Crippen molar-refractivity contribution in [2.75, 3.05) is 7.11 Å². The zero-order chi connectivity index (χ0) is 15.7. The molecular formula is C17H25F2NO. The molecule has 1 saturated carbocycles. The lowest BCUT2D eigenvalue weighted by atomic mass is 9.68. The van der Waals surface area contributed by atoms with Gasteiger partial charge in [-0.05, 0) is 49.1 Å². The molecule has 0 heterocycles. The summed E-state index contributed by atoms with van der Waals surface area (Å²) in [5.41, 5.74) is 6.50. The quantitative estimate of drug-likeness (QED) is 0.917. The molecule has 1 fully saturated rings. The van der Waals surface area contributed by atoms with Gasteiger partial charge in [0.1, 0.15) is 0 Å². The van der Waals surface area contributed by atoms with E-state index in [0.717, 1.165) is 31.7 Å². The molecule has 2 nitrogen and oxygen atoms in total. The summed E-state index contributed by atoms with van der Waals surface area (Å²) in [5, 5.41) is 0. The summed E-state index contributed by atoms with van der Waals surface area (Å²) in [6.07, 6.45) is 4.06. The molecule has 0 aliphatic heterocycles. The van der Waals surface area contributed by atoms with E-state index in [0.29, 0.717) is 11.0 Å². The topological polar surface area (TPSA) is 35.2 Å². The number of ether oxygens (including phenoxy) is 1. The van der Waals surface area contributed by atoms with E-state index in [9.17, 15) is 8.78 Å². The zero-order valence-corrected chi connectivity index (χ0v) is 13.1. The molecule has 1 aromatic carbocycles. The Labute approximate surface area is 125 Å². The van der Waals surface area contributed by atoms with Crippen molar-refractivity contribution < 1.29 is 13.5 Å². The first-order valence-corrected chi connectivity index (χ1v) is 7.53. The van der Waals surface area contributed by atoms with Gasteiger partial charge in [-0.25, -0.2) is 8.78 Å². The fraction of sp³-hybridized carbons (Fsp3) is 0.647. The predicted octanol–water partition coefficient (Wildman–Crippen LogP) is 3.82. The van der Waals surface area contributed by atoms with E-state index in [2.05, 4.69) is 13.8 Å². The van der Waals surface area contributed by atoms with Crippen LogP contribution in [-0.4, -0.2) is 18.8 Å². The highest BCUT2D eigenvalue weighted by Gasteiger charge is 2.42. The molecule has 1 aliphatic carbocycles. The third-order valence-corrected chi connectivity index (χ3v) is 5.00. The van der Waals surface area contributed by atoms with E-state index in [1.54, 1.807) is 13.2 Å². The first-order valence-electron chi connectivity index (χ1n) is 7.53.